The van der Waals surface area contributed by atoms with Crippen LogP contribution in [0.4, 0.5) is 4.39 Å². The lowest BCUT2D eigenvalue weighted by Crippen LogP contribution is -2.18. The highest BCUT2D eigenvalue weighted by Crippen LogP contribution is 2.20. The molecule has 3 N–H and O–H groups in total. The lowest BCUT2D eigenvalue weighted by molar-refractivity contribution is 0.264. The molecule has 0 fully saturated rings. The molecule has 1 unspecified atom stereocenters. The molecule has 0 aromatic heterocycles. The second-order valence-corrected chi connectivity index (χ2v) is 2.96. The number of rotatable bonds is 3. The number of hydrogen-bond donors (Lipinski definition) is 2. The maximum Gasteiger partial charge on any atom is 0.128 e. The summed E-state index contributed by atoms with van der Waals surface area (Å²) in [4.78, 5) is 0. The lowest BCUT2D eigenvalue weighted by Gasteiger charge is -2.13. The zero-order valence-electron chi connectivity index (χ0n) is 7.63. The molecule has 2 nitrogen and oxygen atoms in total. The Morgan fingerprint density at radius 3 is 2.77 bits per heavy atom. The molecule has 0 aliphatic heterocycles. The highest BCUT2D eigenvalue weighted by molar-refractivity contribution is 5.31. The molecule has 1 atom stereocenters. The van der Waals surface area contributed by atoms with Crippen molar-refractivity contribution >= 4 is 0 Å². The third-order valence-corrected chi connectivity index (χ3v) is 2.09. The molecule has 0 spiro atoms. The van der Waals surface area contributed by atoms with Crippen molar-refractivity contribution in [1.82, 2.24) is 0 Å². The summed E-state index contributed by atoms with van der Waals surface area (Å²) in [7, 11) is 0. The number of aliphatic hydroxyl groups is 1. The van der Waals surface area contributed by atoms with Gasteiger partial charge in [-0.3, -0.25) is 0 Å². The number of nitrogens with two attached hydrogens (primary N) is 1. The van der Waals surface area contributed by atoms with Crippen molar-refractivity contribution in [3.63, 3.8) is 0 Å². The van der Waals surface area contributed by atoms with Gasteiger partial charge >= 0.3 is 0 Å². The third kappa shape index (κ3) is 2.05. The molecular weight excluding hydrogens is 169 g/mol. The standard InChI is InChI=1S/C10H14FNO/c1-2-7-4-3-5-8(11)10(7)9(12)6-13/h3-5,9,13H,2,6,12H2,1H3. The van der Waals surface area contributed by atoms with Crippen LogP contribution in [-0.4, -0.2) is 11.7 Å². The second kappa shape index (κ2) is 4.35. The van der Waals surface area contributed by atoms with E-state index in [1.54, 1.807) is 6.07 Å². The Kier molecular flexibility index (Phi) is 3.39. The molecule has 72 valence electrons. The maximum absolute atomic E-state index is 13.3. The van der Waals surface area contributed by atoms with E-state index in [0.29, 0.717) is 5.56 Å². The first-order chi connectivity index (χ1) is 6.20. The first kappa shape index (κ1) is 10.2. The van der Waals surface area contributed by atoms with Crippen LogP contribution in [0.25, 0.3) is 0 Å². The number of benzene rings is 1. The summed E-state index contributed by atoms with van der Waals surface area (Å²) in [5.74, 6) is -0.332. The molecule has 0 aliphatic carbocycles. The van der Waals surface area contributed by atoms with Gasteiger partial charge in [0, 0.05) is 5.56 Å². The van der Waals surface area contributed by atoms with E-state index in [4.69, 9.17) is 10.8 Å². The summed E-state index contributed by atoms with van der Waals surface area (Å²) >= 11 is 0. The predicted molar refractivity (Wildman–Crippen MR) is 49.8 cm³/mol. The maximum atomic E-state index is 13.3. The molecule has 0 aliphatic rings. The predicted octanol–water partition coefficient (Wildman–Crippen LogP) is 1.38. The summed E-state index contributed by atoms with van der Waals surface area (Å²) in [6, 6.07) is 4.23. The summed E-state index contributed by atoms with van der Waals surface area (Å²) < 4.78 is 13.3. The zero-order chi connectivity index (χ0) is 9.84. The van der Waals surface area contributed by atoms with Crippen LogP contribution < -0.4 is 5.73 Å². The molecule has 0 amide bonds. The topological polar surface area (TPSA) is 46.2 Å². The Bertz CT molecular complexity index is 288. The van der Waals surface area contributed by atoms with E-state index in [-0.39, 0.29) is 12.4 Å². The highest BCUT2D eigenvalue weighted by Gasteiger charge is 2.13. The smallest absolute Gasteiger partial charge is 0.128 e. The van der Waals surface area contributed by atoms with E-state index >= 15 is 0 Å². The zero-order valence-corrected chi connectivity index (χ0v) is 7.63. The Labute approximate surface area is 77.2 Å². The van der Waals surface area contributed by atoms with E-state index in [1.165, 1.54) is 6.07 Å². The molecule has 1 aromatic rings. The Morgan fingerprint density at radius 2 is 2.23 bits per heavy atom. The van der Waals surface area contributed by atoms with Gasteiger partial charge in [0.05, 0.1) is 12.6 Å². The number of aryl methyl sites for hydroxylation is 1. The van der Waals surface area contributed by atoms with Crippen LogP contribution in [0.1, 0.15) is 24.1 Å². The minimum Gasteiger partial charge on any atom is -0.394 e. The molecule has 0 bridgehead atoms. The van der Waals surface area contributed by atoms with Crippen molar-refractivity contribution in [2.24, 2.45) is 5.73 Å². The monoisotopic (exact) mass is 183 g/mol. The van der Waals surface area contributed by atoms with Crippen molar-refractivity contribution in [1.29, 1.82) is 0 Å². The van der Waals surface area contributed by atoms with Crippen molar-refractivity contribution in [3.8, 4) is 0 Å². The van der Waals surface area contributed by atoms with E-state index in [0.717, 1.165) is 12.0 Å². The number of halogens is 1. The van der Waals surface area contributed by atoms with Gasteiger partial charge in [-0.05, 0) is 18.1 Å². The molecule has 1 aromatic carbocycles. The van der Waals surface area contributed by atoms with Crippen LogP contribution >= 0.6 is 0 Å². The van der Waals surface area contributed by atoms with Gasteiger partial charge in [-0.1, -0.05) is 19.1 Å². The van der Waals surface area contributed by atoms with Crippen LogP contribution in [0.5, 0.6) is 0 Å². The quantitative estimate of drug-likeness (QED) is 0.743. The van der Waals surface area contributed by atoms with Crippen molar-refractivity contribution < 1.29 is 9.50 Å². The van der Waals surface area contributed by atoms with E-state index in [1.807, 2.05) is 13.0 Å². The summed E-state index contributed by atoms with van der Waals surface area (Å²) in [5, 5.41) is 8.84. The van der Waals surface area contributed by atoms with E-state index in [2.05, 4.69) is 0 Å². The first-order valence-corrected chi connectivity index (χ1v) is 4.34. The van der Waals surface area contributed by atoms with E-state index < -0.39 is 6.04 Å². The SMILES string of the molecule is CCc1cccc(F)c1C(N)CO. The molecule has 0 saturated heterocycles. The Morgan fingerprint density at radius 1 is 1.54 bits per heavy atom. The summed E-state index contributed by atoms with van der Waals surface area (Å²) in [5.41, 5.74) is 6.88. The van der Waals surface area contributed by atoms with Crippen LogP contribution in [0.2, 0.25) is 0 Å². The second-order valence-electron chi connectivity index (χ2n) is 2.96. The van der Waals surface area contributed by atoms with Crippen LogP contribution in [-0.2, 0) is 6.42 Å². The van der Waals surface area contributed by atoms with Crippen molar-refractivity contribution in [2.45, 2.75) is 19.4 Å². The molecule has 13 heavy (non-hydrogen) atoms. The molecule has 0 radical (unpaired) electrons. The van der Waals surface area contributed by atoms with Gasteiger partial charge in [-0.15, -0.1) is 0 Å². The van der Waals surface area contributed by atoms with E-state index in [9.17, 15) is 4.39 Å². The van der Waals surface area contributed by atoms with Gasteiger partial charge in [0.1, 0.15) is 5.82 Å². The number of hydrogen-bond acceptors (Lipinski definition) is 2. The van der Waals surface area contributed by atoms with Gasteiger partial charge in [0.25, 0.3) is 0 Å². The Balaban J connectivity index is 3.14. The van der Waals surface area contributed by atoms with Crippen LogP contribution in [0.3, 0.4) is 0 Å². The number of aliphatic hydroxyl groups excluding tert-OH is 1. The Hall–Kier alpha value is -0.930. The van der Waals surface area contributed by atoms with Crippen LogP contribution in [0, 0.1) is 5.82 Å². The van der Waals surface area contributed by atoms with Crippen molar-refractivity contribution in [2.75, 3.05) is 6.61 Å². The highest BCUT2D eigenvalue weighted by atomic mass is 19.1. The molecule has 0 saturated carbocycles. The average molecular weight is 183 g/mol. The minimum atomic E-state index is -0.615. The molecule has 0 heterocycles. The third-order valence-electron chi connectivity index (χ3n) is 2.09. The first-order valence-electron chi connectivity index (χ1n) is 4.34. The largest absolute Gasteiger partial charge is 0.394 e. The molecule has 3 heteroatoms. The van der Waals surface area contributed by atoms with Crippen LogP contribution in [0.15, 0.2) is 18.2 Å². The summed E-state index contributed by atoms with van der Waals surface area (Å²) in [6.07, 6.45) is 0.723. The fourth-order valence-electron chi connectivity index (χ4n) is 1.40. The normalized spacial score (nSPS) is 12.9. The van der Waals surface area contributed by atoms with Gasteiger partial charge < -0.3 is 10.8 Å². The fourth-order valence-corrected chi connectivity index (χ4v) is 1.40. The molecular formula is C10H14FNO. The minimum absolute atomic E-state index is 0.228. The lowest BCUT2D eigenvalue weighted by atomic mass is 9.99. The van der Waals surface area contributed by atoms with Crippen molar-refractivity contribution in [3.05, 3.63) is 35.1 Å². The average Bonchev–Trinajstić information content (AvgIpc) is 2.16. The van der Waals surface area contributed by atoms with Gasteiger partial charge in [0.2, 0.25) is 0 Å². The van der Waals surface area contributed by atoms with Gasteiger partial charge in [-0.25, -0.2) is 4.39 Å². The summed E-state index contributed by atoms with van der Waals surface area (Å²) in [6.45, 7) is 1.70. The molecule has 1 rings (SSSR count). The fraction of sp³-hybridized carbons (Fsp3) is 0.400. The van der Waals surface area contributed by atoms with Gasteiger partial charge in [0.15, 0.2) is 0 Å². The van der Waals surface area contributed by atoms with Gasteiger partial charge in [-0.2, -0.15) is 0 Å².